The number of nitrogens with one attached hydrogen (secondary N) is 1. The summed E-state index contributed by atoms with van der Waals surface area (Å²) in [6.45, 7) is 13.5. The molecule has 0 saturated heterocycles. The van der Waals surface area contributed by atoms with Crippen LogP contribution < -0.4 is 5.32 Å². The highest BCUT2D eigenvalue weighted by molar-refractivity contribution is 5.72. The number of hydrogen-bond donors (Lipinski definition) is 1. The van der Waals surface area contributed by atoms with Gasteiger partial charge in [0.2, 0.25) is 5.91 Å². The number of ether oxygens (including phenoxy) is 2. The predicted molar refractivity (Wildman–Crippen MR) is 141 cm³/mol. The smallest absolute Gasteiger partial charge is 0.302 e. The van der Waals surface area contributed by atoms with Gasteiger partial charge in [-0.15, -0.1) is 0 Å². The van der Waals surface area contributed by atoms with Crippen LogP contribution in [-0.4, -0.2) is 30.6 Å². The molecule has 1 heterocycles. The van der Waals surface area contributed by atoms with Crippen molar-refractivity contribution in [3.05, 3.63) is 23.0 Å². The second-order valence-electron chi connectivity index (χ2n) is 13.3. The molecule has 0 aromatic carbocycles. The number of rotatable bonds is 6. The Kier molecular flexibility index (Phi) is 6.83. The van der Waals surface area contributed by atoms with Gasteiger partial charge >= 0.3 is 5.97 Å². The van der Waals surface area contributed by atoms with Crippen LogP contribution in [-0.2, 0) is 19.1 Å². The molecule has 1 amide bonds. The Hall–Kier alpha value is -1.78. The Morgan fingerprint density at radius 2 is 1.97 bits per heavy atom. The predicted octanol–water partition coefficient (Wildman–Crippen LogP) is 6.33. The molecule has 0 bridgehead atoms. The van der Waals surface area contributed by atoms with E-state index in [1.54, 1.807) is 12.5 Å². The lowest BCUT2D eigenvalue weighted by atomic mass is 9.47. The third-order valence-electron chi connectivity index (χ3n) is 11.2. The number of carbonyl (C=O) groups excluding carboxylic acids is 2. The maximum atomic E-state index is 11.5. The molecule has 1 N–H and O–H groups in total. The standard InChI is InChI=1S/C31H47NO4/c1-18(17-32-20(3)33)7-10-27-19(2)29-28(36-27)16-26-24-9-8-22-15-23(35-21(4)34)11-13-30(22,5)25(24)12-14-31(26,29)6/h8,18,23-26,28-29H,7,9-17H2,1-6H3,(H,32,33)/t18-,23+,24+,25-,26-,28-,29-,30+,31+/m1/s1. The molecule has 5 nitrogen and oxygen atoms in total. The highest BCUT2D eigenvalue weighted by Crippen LogP contribution is 2.69. The van der Waals surface area contributed by atoms with Gasteiger partial charge in [-0.1, -0.05) is 32.4 Å². The van der Waals surface area contributed by atoms with E-state index in [1.165, 1.54) is 43.9 Å². The topological polar surface area (TPSA) is 64.6 Å². The molecule has 36 heavy (non-hydrogen) atoms. The van der Waals surface area contributed by atoms with E-state index in [-0.39, 0.29) is 23.4 Å². The molecule has 4 aliphatic carbocycles. The van der Waals surface area contributed by atoms with Crippen LogP contribution in [0.25, 0.3) is 0 Å². The minimum Gasteiger partial charge on any atom is -0.494 e. The quantitative estimate of drug-likeness (QED) is 0.344. The van der Waals surface area contributed by atoms with E-state index in [0.717, 1.165) is 56.4 Å². The molecule has 0 unspecified atom stereocenters. The first-order valence-corrected chi connectivity index (χ1v) is 14.5. The second kappa shape index (κ2) is 9.51. The average molecular weight is 498 g/mol. The Labute approximate surface area is 217 Å². The fourth-order valence-corrected chi connectivity index (χ4v) is 9.34. The van der Waals surface area contributed by atoms with Crippen molar-refractivity contribution in [2.75, 3.05) is 6.54 Å². The molecule has 0 spiro atoms. The lowest BCUT2D eigenvalue weighted by molar-refractivity contribution is -0.148. The number of carbonyl (C=O) groups is 2. The van der Waals surface area contributed by atoms with Crippen molar-refractivity contribution in [2.45, 2.75) is 112 Å². The lowest BCUT2D eigenvalue weighted by Crippen LogP contribution is -2.50. The molecule has 0 aromatic heterocycles. The maximum absolute atomic E-state index is 11.5. The fraction of sp³-hybridized carbons (Fsp3) is 0.806. The second-order valence-corrected chi connectivity index (χ2v) is 13.3. The van der Waals surface area contributed by atoms with Gasteiger partial charge in [0.25, 0.3) is 0 Å². The van der Waals surface area contributed by atoms with Crippen molar-refractivity contribution < 1.29 is 19.1 Å². The zero-order valence-electron chi connectivity index (χ0n) is 23.3. The minimum atomic E-state index is -0.145. The molecule has 0 radical (unpaired) electrons. The normalized spacial score (nSPS) is 41.8. The van der Waals surface area contributed by atoms with E-state index in [4.69, 9.17) is 9.47 Å². The molecule has 200 valence electrons. The average Bonchev–Trinajstić information content (AvgIpc) is 3.29. The van der Waals surface area contributed by atoms with Gasteiger partial charge in [0, 0.05) is 39.2 Å². The number of hydrogen-bond acceptors (Lipinski definition) is 4. The van der Waals surface area contributed by atoms with E-state index in [0.29, 0.717) is 23.4 Å². The monoisotopic (exact) mass is 497 g/mol. The third-order valence-corrected chi connectivity index (χ3v) is 11.2. The van der Waals surface area contributed by atoms with Gasteiger partial charge in [0.1, 0.15) is 12.2 Å². The molecule has 5 aliphatic rings. The maximum Gasteiger partial charge on any atom is 0.302 e. The van der Waals surface area contributed by atoms with Crippen LogP contribution in [0, 0.1) is 40.4 Å². The van der Waals surface area contributed by atoms with Crippen molar-refractivity contribution in [3.63, 3.8) is 0 Å². The highest BCUT2D eigenvalue weighted by Gasteiger charge is 2.63. The van der Waals surface area contributed by atoms with Gasteiger partial charge in [-0.05, 0) is 91.9 Å². The van der Waals surface area contributed by atoms with Gasteiger partial charge < -0.3 is 14.8 Å². The lowest BCUT2D eigenvalue weighted by Gasteiger charge is -2.58. The van der Waals surface area contributed by atoms with Crippen LogP contribution in [0.4, 0.5) is 0 Å². The van der Waals surface area contributed by atoms with E-state index in [9.17, 15) is 9.59 Å². The molecule has 9 atom stereocenters. The molecule has 1 aliphatic heterocycles. The SMILES string of the molecule is CC(=O)NC[C@H](C)CCC1=C(C)[C@@H]2[C@@H](C[C@@H]3[C@H]4CC=C5C[C@@H](OC(C)=O)CC[C@]5(C)[C@@H]4CC[C@@]32C)O1. The van der Waals surface area contributed by atoms with Crippen LogP contribution in [0.1, 0.15) is 99.3 Å². The molecule has 5 heteroatoms. The summed E-state index contributed by atoms with van der Waals surface area (Å²) in [5.74, 6) is 4.37. The third kappa shape index (κ3) is 4.32. The molecule has 0 aromatic rings. The van der Waals surface area contributed by atoms with E-state index in [1.807, 2.05) is 0 Å². The number of fused-ring (bicyclic) bond motifs is 7. The summed E-state index contributed by atoms with van der Waals surface area (Å²) in [6, 6.07) is 0. The summed E-state index contributed by atoms with van der Waals surface area (Å²) in [4.78, 5) is 22.8. The van der Waals surface area contributed by atoms with Crippen LogP contribution in [0.5, 0.6) is 0 Å². The van der Waals surface area contributed by atoms with Crippen LogP contribution in [0.15, 0.2) is 23.0 Å². The minimum absolute atomic E-state index is 0.0504. The fourth-order valence-electron chi connectivity index (χ4n) is 9.34. The Bertz CT molecular complexity index is 968. The van der Waals surface area contributed by atoms with Crippen molar-refractivity contribution in [3.8, 4) is 0 Å². The van der Waals surface area contributed by atoms with Gasteiger partial charge in [-0.25, -0.2) is 0 Å². The van der Waals surface area contributed by atoms with Crippen LogP contribution >= 0.6 is 0 Å². The molecule has 3 saturated carbocycles. The highest BCUT2D eigenvalue weighted by atomic mass is 16.5. The van der Waals surface area contributed by atoms with Crippen molar-refractivity contribution >= 4 is 11.9 Å². The zero-order chi connectivity index (χ0) is 25.8. The summed E-state index contributed by atoms with van der Waals surface area (Å²) < 4.78 is 12.3. The number of esters is 1. The summed E-state index contributed by atoms with van der Waals surface area (Å²) in [7, 11) is 0. The first-order valence-electron chi connectivity index (χ1n) is 14.5. The van der Waals surface area contributed by atoms with Crippen molar-refractivity contribution in [1.82, 2.24) is 5.32 Å². The number of allylic oxidation sites excluding steroid dienone is 2. The van der Waals surface area contributed by atoms with Crippen LogP contribution in [0.2, 0.25) is 0 Å². The Morgan fingerprint density at radius 3 is 2.69 bits per heavy atom. The summed E-state index contributed by atoms with van der Waals surface area (Å²) >= 11 is 0. The van der Waals surface area contributed by atoms with Gasteiger partial charge in [-0.2, -0.15) is 0 Å². The largest absolute Gasteiger partial charge is 0.494 e. The van der Waals surface area contributed by atoms with Crippen molar-refractivity contribution in [1.29, 1.82) is 0 Å². The zero-order valence-corrected chi connectivity index (χ0v) is 23.3. The Morgan fingerprint density at radius 1 is 1.19 bits per heavy atom. The molecule has 5 rings (SSSR count). The van der Waals surface area contributed by atoms with E-state index < -0.39 is 0 Å². The first kappa shape index (κ1) is 25.9. The number of amides is 1. The van der Waals surface area contributed by atoms with E-state index in [2.05, 4.69) is 39.1 Å². The van der Waals surface area contributed by atoms with E-state index >= 15 is 0 Å². The Balaban J connectivity index is 1.29. The summed E-state index contributed by atoms with van der Waals surface area (Å²) in [5.41, 5.74) is 3.66. The summed E-state index contributed by atoms with van der Waals surface area (Å²) in [6.07, 6.45) is 13.0. The molecular formula is C31H47NO4. The molecule has 3 fully saturated rings. The van der Waals surface area contributed by atoms with Crippen LogP contribution in [0.3, 0.4) is 0 Å². The van der Waals surface area contributed by atoms with Crippen molar-refractivity contribution in [2.24, 2.45) is 40.4 Å². The van der Waals surface area contributed by atoms with Gasteiger partial charge in [0.05, 0.1) is 5.76 Å². The molecular weight excluding hydrogens is 450 g/mol. The first-order chi connectivity index (χ1) is 17.0. The summed E-state index contributed by atoms with van der Waals surface area (Å²) in [5, 5.41) is 2.95. The van der Waals surface area contributed by atoms with Gasteiger partial charge in [-0.3, -0.25) is 9.59 Å². The van der Waals surface area contributed by atoms with Gasteiger partial charge in [0.15, 0.2) is 0 Å².